The first-order chi connectivity index (χ1) is 10.3. The van der Waals surface area contributed by atoms with Gasteiger partial charge in [-0.2, -0.15) is 0 Å². The van der Waals surface area contributed by atoms with Gasteiger partial charge in [-0.15, -0.1) is 11.3 Å². The van der Waals surface area contributed by atoms with E-state index in [1.54, 1.807) is 0 Å². The molecule has 0 bridgehead atoms. The van der Waals surface area contributed by atoms with E-state index in [1.807, 2.05) is 30.4 Å². The van der Waals surface area contributed by atoms with Crippen molar-refractivity contribution >= 4 is 11.3 Å². The van der Waals surface area contributed by atoms with E-state index in [0.29, 0.717) is 6.61 Å². The molecule has 21 heavy (non-hydrogen) atoms. The van der Waals surface area contributed by atoms with E-state index in [2.05, 4.69) is 24.4 Å². The lowest BCUT2D eigenvalue weighted by atomic mass is 10.2. The van der Waals surface area contributed by atoms with Crippen molar-refractivity contribution in [1.82, 2.24) is 10.3 Å². The van der Waals surface area contributed by atoms with E-state index in [-0.39, 0.29) is 0 Å². The Morgan fingerprint density at radius 1 is 1.24 bits per heavy atom. The van der Waals surface area contributed by atoms with Crippen molar-refractivity contribution in [2.24, 2.45) is 0 Å². The first kappa shape index (κ1) is 14.5. The molecule has 3 rings (SSSR count). The predicted octanol–water partition coefficient (Wildman–Crippen LogP) is 4.02. The van der Waals surface area contributed by atoms with Gasteiger partial charge in [-0.05, 0) is 50.5 Å². The summed E-state index contributed by atoms with van der Waals surface area (Å²) in [5.74, 6) is 0.921. The van der Waals surface area contributed by atoms with E-state index < -0.39 is 0 Å². The highest BCUT2D eigenvalue weighted by Gasteiger charge is 2.21. The molecule has 2 aromatic rings. The number of benzene rings is 1. The van der Waals surface area contributed by atoms with Crippen LogP contribution in [0.25, 0.3) is 10.6 Å². The Bertz CT molecular complexity index is 587. The van der Waals surface area contributed by atoms with E-state index in [9.17, 15) is 0 Å². The predicted molar refractivity (Wildman–Crippen MR) is 88.0 cm³/mol. The summed E-state index contributed by atoms with van der Waals surface area (Å²) in [4.78, 5) is 6.19. The smallest absolute Gasteiger partial charge is 0.123 e. The molecule has 1 N–H and O–H groups in total. The van der Waals surface area contributed by atoms with Crippen LogP contribution in [0.4, 0.5) is 0 Å². The lowest BCUT2D eigenvalue weighted by molar-refractivity contribution is 0.340. The van der Waals surface area contributed by atoms with Gasteiger partial charge in [-0.1, -0.05) is 6.92 Å². The monoisotopic (exact) mass is 302 g/mol. The van der Waals surface area contributed by atoms with Crippen molar-refractivity contribution in [2.75, 3.05) is 6.61 Å². The second-order valence-corrected chi connectivity index (χ2v) is 6.44. The first-order valence-corrected chi connectivity index (χ1v) is 8.57. The minimum atomic E-state index is 0.702. The average molecular weight is 302 g/mol. The molecule has 3 nitrogen and oxygen atoms in total. The van der Waals surface area contributed by atoms with Crippen LogP contribution in [-0.2, 0) is 13.0 Å². The highest BCUT2D eigenvalue weighted by molar-refractivity contribution is 7.15. The Kier molecular flexibility index (Phi) is 4.56. The van der Waals surface area contributed by atoms with Gasteiger partial charge in [0.25, 0.3) is 0 Å². The Labute approximate surface area is 130 Å². The Hall–Kier alpha value is -1.39. The molecule has 112 valence electrons. The summed E-state index contributed by atoms with van der Waals surface area (Å²) in [5, 5.41) is 4.70. The molecule has 1 aromatic carbocycles. The topological polar surface area (TPSA) is 34.1 Å². The molecule has 1 saturated carbocycles. The zero-order chi connectivity index (χ0) is 14.7. The molecule has 1 aliphatic carbocycles. The summed E-state index contributed by atoms with van der Waals surface area (Å²) < 4.78 is 5.49. The van der Waals surface area contributed by atoms with Crippen LogP contribution in [0.15, 0.2) is 24.3 Å². The van der Waals surface area contributed by atoms with Crippen LogP contribution in [0.3, 0.4) is 0 Å². The van der Waals surface area contributed by atoms with Crippen LogP contribution in [0.1, 0.15) is 37.3 Å². The van der Waals surface area contributed by atoms with Gasteiger partial charge in [0, 0.05) is 23.0 Å². The fourth-order valence-electron chi connectivity index (χ4n) is 2.31. The van der Waals surface area contributed by atoms with Gasteiger partial charge in [0.15, 0.2) is 0 Å². The number of rotatable bonds is 7. The largest absolute Gasteiger partial charge is 0.494 e. The molecule has 1 aliphatic rings. The van der Waals surface area contributed by atoms with Gasteiger partial charge < -0.3 is 10.1 Å². The molecule has 4 heteroatoms. The SMILES string of the molecule is CCOc1ccc(-c2nc(CC)c(CNC3CC3)s2)cc1. The molecule has 0 saturated heterocycles. The summed E-state index contributed by atoms with van der Waals surface area (Å²) in [5.41, 5.74) is 2.41. The number of nitrogens with zero attached hydrogens (tertiary/aromatic N) is 1. The van der Waals surface area contributed by atoms with E-state index in [4.69, 9.17) is 9.72 Å². The lowest BCUT2D eigenvalue weighted by Gasteiger charge is -2.02. The van der Waals surface area contributed by atoms with Crippen LogP contribution in [0.2, 0.25) is 0 Å². The van der Waals surface area contributed by atoms with Gasteiger partial charge in [-0.3, -0.25) is 0 Å². The fraction of sp³-hybridized carbons (Fsp3) is 0.471. The first-order valence-electron chi connectivity index (χ1n) is 7.75. The maximum Gasteiger partial charge on any atom is 0.123 e. The number of thiazole rings is 1. The molecule has 1 fully saturated rings. The van der Waals surface area contributed by atoms with Gasteiger partial charge in [0.1, 0.15) is 10.8 Å². The van der Waals surface area contributed by atoms with Crippen LogP contribution >= 0.6 is 11.3 Å². The zero-order valence-electron chi connectivity index (χ0n) is 12.7. The Morgan fingerprint density at radius 3 is 2.62 bits per heavy atom. The number of ether oxygens (including phenoxy) is 1. The maximum absolute atomic E-state index is 5.49. The van der Waals surface area contributed by atoms with Crippen molar-refractivity contribution in [1.29, 1.82) is 0 Å². The van der Waals surface area contributed by atoms with Crippen molar-refractivity contribution in [3.63, 3.8) is 0 Å². The summed E-state index contributed by atoms with van der Waals surface area (Å²) in [6, 6.07) is 8.98. The standard InChI is InChI=1S/C17H22N2OS/c1-3-15-16(11-18-13-7-8-13)21-17(19-15)12-5-9-14(10-6-12)20-4-2/h5-6,9-10,13,18H,3-4,7-8,11H2,1-2H3. The third-order valence-electron chi connectivity index (χ3n) is 3.65. The van der Waals surface area contributed by atoms with Gasteiger partial charge in [0.05, 0.1) is 12.3 Å². The zero-order valence-corrected chi connectivity index (χ0v) is 13.5. The fourth-order valence-corrected chi connectivity index (χ4v) is 3.41. The van der Waals surface area contributed by atoms with Gasteiger partial charge in [0.2, 0.25) is 0 Å². The molecular formula is C17H22N2OS. The molecule has 0 atom stereocenters. The highest BCUT2D eigenvalue weighted by Crippen LogP contribution is 2.30. The Balaban J connectivity index is 1.76. The number of aryl methyl sites for hydroxylation is 1. The van der Waals surface area contributed by atoms with Crippen LogP contribution in [-0.4, -0.2) is 17.6 Å². The van der Waals surface area contributed by atoms with Gasteiger partial charge >= 0.3 is 0 Å². The molecule has 0 amide bonds. The minimum Gasteiger partial charge on any atom is -0.494 e. The van der Waals surface area contributed by atoms with Crippen molar-refractivity contribution in [2.45, 2.75) is 45.7 Å². The molecule has 0 spiro atoms. The Morgan fingerprint density at radius 2 is 2.00 bits per heavy atom. The van der Waals surface area contributed by atoms with Gasteiger partial charge in [-0.25, -0.2) is 4.98 Å². The van der Waals surface area contributed by atoms with E-state index >= 15 is 0 Å². The summed E-state index contributed by atoms with van der Waals surface area (Å²) in [6.45, 7) is 5.84. The highest BCUT2D eigenvalue weighted by atomic mass is 32.1. The number of aromatic nitrogens is 1. The molecule has 1 aromatic heterocycles. The quantitative estimate of drug-likeness (QED) is 0.838. The minimum absolute atomic E-state index is 0.702. The average Bonchev–Trinajstić information content (AvgIpc) is 3.25. The molecular weight excluding hydrogens is 280 g/mol. The van der Waals surface area contributed by atoms with Crippen molar-refractivity contribution in [3.8, 4) is 16.3 Å². The van der Waals surface area contributed by atoms with Crippen LogP contribution < -0.4 is 10.1 Å². The summed E-state index contributed by atoms with van der Waals surface area (Å²) >= 11 is 1.81. The van der Waals surface area contributed by atoms with Crippen molar-refractivity contribution in [3.05, 3.63) is 34.8 Å². The number of hydrogen-bond donors (Lipinski definition) is 1. The molecule has 1 heterocycles. The summed E-state index contributed by atoms with van der Waals surface area (Å²) in [7, 11) is 0. The molecule has 0 unspecified atom stereocenters. The normalized spacial score (nSPS) is 14.4. The van der Waals surface area contributed by atoms with Crippen LogP contribution in [0, 0.1) is 0 Å². The molecule has 0 aliphatic heterocycles. The lowest BCUT2D eigenvalue weighted by Crippen LogP contribution is -2.15. The third kappa shape index (κ3) is 3.63. The van der Waals surface area contributed by atoms with E-state index in [0.717, 1.165) is 29.8 Å². The van der Waals surface area contributed by atoms with Crippen LogP contribution in [0.5, 0.6) is 5.75 Å². The van der Waals surface area contributed by atoms with E-state index in [1.165, 1.54) is 29.0 Å². The second kappa shape index (κ2) is 6.58. The molecule has 0 radical (unpaired) electrons. The maximum atomic E-state index is 5.49. The number of hydrogen-bond acceptors (Lipinski definition) is 4. The van der Waals surface area contributed by atoms with Crippen molar-refractivity contribution < 1.29 is 4.74 Å². The number of nitrogens with one attached hydrogen (secondary N) is 1. The summed E-state index contributed by atoms with van der Waals surface area (Å²) in [6.07, 6.45) is 3.65. The second-order valence-electron chi connectivity index (χ2n) is 5.36. The third-order valence-corrected chi connectivity index (χ3v) is 4.80.